The predicted molar refractivity (Wildman–Crippen MR) is 79.3 cm³/mol. The third-order valence-corrected chi connectivity index (χ3v) is 5.63. The largest absolute Gasteiger partial charge is 0.337 e. The summed E-state index contributed by atoms with van der Waals surface area (Å²) in [5.74, 6) is -0.00550. The van der Waals surface area contributed by atoms with E-state index in [0.717, 1.165) is 6.42 Å². The summed E-state index contributed by atoms with van der Waals surface area (Å²) in [6.07, 6.45) is 3.25. The second-order valence-electron chi connectivity index (χ2n) is 5.13. The van der Waals surface area contributed by atoms with E-state index in [1.807, 2.05) is 11.4 Å². The molecule has 1 aliphatic heterocycles. The van der Waals surface area contributed by atoms with Crippen LogP contribution in [0.4, 0.5) is 0 Å². The lowest BCUT2D eigenvalue weighted by Crippen LogP contribution is -2.27. The molecule has 1 atom stereocenters. The number of carbonyl (C=O) groups excluding carboxylic acids is 1. The van der Waals surface area contributed by atoms with Gasteiger partial charge in [0.25, 0.3) is 5.91 Å². The lowest BCUT2D eigenvalue weighted by atomic mass is 10.1. The lowest BCUT2D eigenvalue weighted by molar-refractivity contribution is 0.0795. The molecule has 0 aliphatic carbocycles. The Morgan fingerprint density at radius 1 is 1.52 bits per heavy atom. The topological polar surface area (TPSA) is 83.1 Å². The van der Waals surface area contributed by atoms with Crippen molar-refractivity contribution in [1.82, 2.24) is 15.1 Å². The number of nitrogens with zero attached hydrogens (tertiary/aromatic N) is 2. The average molecular weight is 325 g/mol. The fourth-order valence-electron chi connectivity index (χ4n) is 2.61. The van der Waals surface area contributed by atoms with Gasteiger partial charge >= 0.3 is 0 Å². The smallest absolute Gasteiger partial charge is 0.263 e. The van der Waals surface area contributed by atoms with Crippen molar-refractivity contribution in [1.29, 1.82) is 0 Å². The number of hydrogen-bond donors (Lipinski definition) is 1. The minimum Gasteiger partial charge on any atom is -0.337 e. The number of sulfone groups is 1. The van der Waals surface area contributed by atoms with Crippen LogP contribution in [0.25, 0.3) is 0 Å². The maximum absolute atomic E-state index is 12.3. The van der Waals surface area contributed by atoms with Crippen LogP contribution < -0.4 is 0 Å². The lowest BCUT2D eigenvalue weighted by Gasteiger charge is -2.15. The molecule has 0 spiro atoms. The van der Waals surface area contributed by atoms with Gasteiger partial charge in [0.05, 0.1) is 16.8 Å². The molecule has 0 bridgehead atoms. The van der Waals surface area contributed by atoms with E-state index in [4.69, 9.17) is 0 Å². The Labute approximate surface area is 126 Å². The van der Waals surface area contributed by atoms with Gasteiger partial charge in [0.2, 0.25) is 0 Å². The van der Waals surface area contributed by atoms with E-state index < -0.39 is 9.84 Å². The Kier molecular flexibility index (Phi) is 3.58. The molecule has 3 heterocycles. The van der Waals surface area contributed by atoms with E-state index in [1.54, 1.807) is 11.0 Å². The van der Waals surface area contributed by atoms with Gasteiger partial charge in [-0.1, -0.05) is 6.07 Å². The third kappa shape index (κ3) is 2.73. The molecular weight excluding hydrogens is 310 g/mol. The van der Waals surface area contributed by atoms with Gasteiger partial charge in [-0.25, -0.2) is 8.42 Å². The van der Waals surface area contributed by atoms with Crippen molar-refractivity contribution in [3.05, 3.63) is 34.3 Å². The van der Waals surface area contributed by atoms with E-state index >= 15 is 0 Å². The Morgan fingerprint density at radius 3 is 3.00 bits per heavy atom. The van der Waals surface area contributed by atoms with Gasteiger partial charge in [0.1, 0.15) is 4.90 Å². The molecule has 21 heavy (non-hydrogen) atoms. The van der Waals surface area contributed by atoms with Crippen LogP contribution in [0.3, 0.4) is 0 Å². The first-order chi connectivity index (χ1) is 9.97. The van der Waals surface area contributed by atoms with Crippen molar-refractivity contribution in [2.24, 2.45) is 0 Å². The standard InChI is InChI=1S/C13H15N3O3S2/c1-21(18,19)11-7-14-15-12(11)9-4-5-16(8-9)13(17)10-3-2-6-20-10/h2-3,6-7,9H,4-5,8H2,1H3,(H,14,15)/t9-/m0/s1. The summed E-state index contributed by atoms with van der Waals surface area (Å²) in [5, 5.41) is 8.50. The average Bonchev–Trinajstić information content (AvgIpc) is 3.16. The summed E-state index contributed by atoms with van der Waals surface area (Å²) in [5.41, 5.74) is 0.610. The van der Waals surface area contributed by atoms with Crippen LogP contribution >= 0.6 is 11.3 Å². The fourth-order valence-corrected chi connectivity index (χ4v) is 4.16. The number of carbonyl (C=O) groups is 1. The first-order valence-corrected chi connectivity index (χ1v) is 9.30. The molecule has 112 valence electrons. The predicted octanol–water partition coefficient (Wildman–Crippen LogP) is 1.50. The molecule has 1 fully saturated rings. The minimum absolute atomic E-state index is 0.00733. The van der Waals surface area contributed by atoms with E-state index in [0.29, 0.717) is 23.7 Å². The maximum atomic E-state index is 12.3. The Hall–Kier alpha value is -1.67. The maximum Gasteiger partial charge on any atom is 0.263 e. The highest BCUT2D eigenvalue weighted by molar-refractivity contribution is 7.90. The first-order valence-electron chi connectivity index (χ1n) is 6.53. The second kappa shape index (κ2) is 5.27. The Balaban J connectivity index is 1.79. The molecule has 2 aromatic rings. The van der Waals surface area contributed by atoms with Gasteiger partial charge in [-0.15, -0.1) is 11.3 Å². The minimum atomic E-state index is -3.30. The van der Waals surface area contributed by atoms with E-state index in [2.05, 4.69) is 10.2 Å². The molecule has 0 saturated carbocycles. The molecule has 3 rings (SSSR count). The summed E-state index contributed by atoms with van der Waals surface area (Å²) in [6, 6.07) is 3.65. The number of H-pyrrole nitrogens is 1. The van der Waals surface area contributed by atoms with Gasteiger partial charge in [0, 0.05) is 25.3 Å². The SMILES string of the molecule is CS(=O)(=O)c1cn[nH]c1[C@H]1CCN(C(=O)c2cccs2)C1. The molecule has 8 heteroatoms. The summed E-state index contributed by atoms with van der Waals surface area (Å²) < 4.78 is 23.5. The summed E-state index contributed by atoms with van der Waals surface area (Å²) in [4.78, 5) is 15.0. The Bertz CT molecular complexity index is 749. The van der Waals surface area contributed by atoms with Crippen LogP contribution in [-0.4, -0.2) is 48.8 Å². The number of nitrogens with one attached hydrogen (secondary N) is 1. The van der Waals surface area contributed by atoms with Crippen molar-refractivity contribution in [2.45, 2.75) is 17.2 Å². The van der Waals surface area contributed by atoms with Gasteiger partial charge in [-0.2, -0.15) is 5.10 Å². The molecular formula is C13H15N3O3S2. The number of aromatic amines is 1. The van der Waals surface area contributed by atoms with E-state index in [9.17, 15) is 13.2 Å². The molecule has 0 aromatic carbocycles. The van der Waals surface area contributed by atoms with Crippen LogP contribution in [0.2, 0.25) is 0 Å². The first kappa shape index (κ1) is 14.3. The molecule has 0 radical (unpaired) electrons. The van der Waals surface area contributed by atoms with Gasteiger partial charge in [0.15, 0.2) is 9.84 Å². The van der Waals surface area contributed by atoms with Crippen LogP contribution in [0, 0.1) is 0 Å². The number of amides is 1. The number of likely N-dealkylation sites (tertiary alicyclic amines) is 1. The van der Waals surface area contributed by atoms with Crippen LogP contribution in [0.15, 0.2) is 28.6 Å². The highest BCUT2D eigenvalue weighted by Gasteiger charge is 2.32. The normalized spacial score (nSPS) is 19.1. The molecule has 1 aliphatic rings. The van der Waals surface area contributed by atoms with Crippen molar-refractivity contribution in [3.8, 4) is 0 Å². The molecule has 6 nitrogen and oxygen atoms in total. The number of rotatable bonds is 3. The molecule has 2 aromatic heterocycles. The van der Waals surface area contributed by atoms with Crippen molar-refractivity contribution < 1.29 is 13.2 Å². The van der Waals surface area contributed by atoms with E-state index in [-0.39, 0.29) is 16.7 Å². The number of hydrogen-bond acceptors (Lipinski definition) is 5. The van der Waals surface area contributed by atoms with Gasteiger partial charge in [-0.3, -0.25) is 9.89 Å². The fraction of sp³-hybridized carbons (Fsp3) is 0.385. The molecule has 1 N–H and O–H groups in total. The van der Waals surface area contributed by atoms with Crippen molar-refractivity contribution in [2.75, 3.05) is 19.3 Å². The number of aromatic nitrogens is 2. The van der Waals surface area contributed by atoms with Crippen LogP contribution in [-0.2, 0) is 9.84 Å². The van der Waals surface area contributed by atoms with Crippen LogP contribution in [0.1, 0.15) is 27.7 Å². The van der Waals surface area contributed by atoms with Crippen molar-refractivity contribution in [3.63, 3.8) is 0 Å². The molecule has 1 amide bonds. The van der Waals surface area contributed by atoms with Crippen LogP contribution in [0.5, 0.6) is 0 Å². The summed E-state index contributed by atoms with van der Waals surface area (Å²) in [6.45, 7) is 1.14. The van der Waals surface area contributed by atoms with E-state index in [1.165, 1.54) is 23.8 Å². The second-order valence-corrected chi connectivity index (χ2v) is 8.07. The highest BCUT2D eigenvalue weighted by Crippen LogP contribution is 2.31. The van der Waals surface area contributed by atoms with Gasteiger partial charge in [-0.05, 0) is 17.9 Å². The number of thiophene rings is 1. The van der Waals surface area contributed by atoms with Gasteiger partial charge < -0.3 is 4.90 Å². The Morgan fingerprint density at radius 2 is 2.33 bits per heavy atom. The zero-order valence-corrected chi connectivity index (χ0v) is 13.1. The van der Waals surface area contributed by atoms with Crippen molar-refractivity contribution >= 4 is 27.1 Å². The quantitative estimate of drug-likeness (QED) is 0.927. The summed E-state index contributed by atoms with van der Waals surface area (Å²) in [7, 11) is -3.30. The zero-order valence-electron chi connectivity index (χ0n) is 11.4. The molecule has 0 unspecified atom stereocenters. The molecule has 1 saturated heterocycles. The third-order valence-electron chi connectivity index (χ3n) is 3.65. The zero-order chi connectivity index (χ0) is 15.0. The monoisotopic (exact) mass is 325 g/mol. The highest BCUT2D eigenvalue weighted by atomic mass is 32.2. The summed E-state index contributed by atoms with van der Waals surface area (Å²) >= 11 is 1.42.